The highest BCUT2D eigenvalue weighted by atomic mass is 16.5. The lowest BCUT2D eigenvalue weighted by molar-refractivity contribution is -0.143. The molecule has 5 heteroatoms. The van der Waals surface area contributed by atoms with Crippen molar-refractivity contribution >= 4 is 16.9 Å². The van der Waals surface area contributed by atoms with Gasteiger partial charge < -0.3 is 13.9 Å². The normalized spacial score (nSPS) is 10.8. The summed E-state index contributed by atoms with van der Waals surface area (Å²) in [5, 5.41) is 0.531. The first-order valence-corrected chi connectivity index (χ1v) is 9.58. The molecule has 5 nitrogen and oxygen atoms in total. The number of ether oxygens (including phenoxy) is 2. The van der Waals surface area contributed by atoms with Crippen LogP contribution in [0.4, 0.5) is 0 Å². The summed E-state index contributed by atoms with van der Waals surface area (Å²) in [5.41, 5.74) is 1.83. The first-order valence-electron chi connectivity index (χ1n) is 9.58. The summed E-state index contributed by atoms with van der Waals surface area (Å²) in [7, 11) is 0. The van der Waals surface area contributed by atoms with Crippen LogP contribution in [0.3, 0.4) is 0 Å². The molecule has 28 heavy (non-hydrogen) atoms. The van der Waals surface area contributed by atoms with Gasteiger partial charge in [-0.2, -0.15) is 0 Å². The van der Waals surface area contributed by atoms with Crippen molar-refractivity contribution in [2.24, 2.45) is 0 Å². The van der Waals surface area contributed by atoms with E-state index in [9.17, 15) is 9.59 Å². The highest BCUT2D eigenvalue weighted by Crippen LogP contribution is 2.23. The van der Waals surface area contributed by atoms with Crippen molar-refractivity contribution in [3.63, 3.8) is 0 Å². The van der Waals surface area contributed by atoms with Gasteiger partial charge in [0.05, 0.1) is 24.2 Å². The molecular weight excluding hydrogens is 356 g/mol. The highest BCUT2D eigenvalue weighted by Gasteiger charge is 2.10. The van der Waals surface area contributed by atoms with Gasteiger partial charge in [-0.3, -0.25) is 9.59 Å². The first kappa shape index (κ1) is 19.7. The molecule has 0 spiro atoms. The molecule has 0 N–H and O–H groups in total. The molecular formula is C23H24O5. The van der Waals surface area contributed by atoms with Gasteiger partial charge in [0.2, 0.25) is 0 Å². The lowest BCUT2D eigenvalue weighted by Gasteiger charge is -2.08. The van der Waals surface area contributed by atoms with Crippen molar-refractivity contribution in [1.82, 2.24) is 0 Å². The average molecular weight is 380 g/mol. The molecule has 2 aromatic carbocycles. The molecule has 0 saturated heterocycles. The minimum absolute atomic E-state index is 0.0574. The van der Waals surface area contributed by atoms with E-state index in [1.54, 1.807) is 25.1 Å². The van der Waals surface area contributed by atoms with Crippen LogP contribution >= 0.6 is 0 Å². The van der Waals surface area contributed by atoms with Crippen LogP contribution in [0.1, 0.15) is 32.6 Å². The molecule has 3 rings (SSSR count). The Labute approximate surface area is 163 Å². The topological polar surface area (TPSA) is 65.7 Å². The molecule has 0 amide bonds. The Bertz CT molecular complexity index is 975. The van der Waals surface area contributed by atoms with Crippen molar-refractivity contribution in [3.8, 4) is 16.9 Å². The van der Waals surface area contributed by atoms with Crippen LogP contribution in [-0.4, -0.2) is 19.2 Å². The summed E-state index contributed by atoms with van der Waals surface area (Å²) in [6, 6.07) is 14.7. The Hall–Kier alpha value is -3.08. The van der Waals surface area contributed by atoms with Crippen LogP contribution in [0.5, 0.6) is 5.75 Å². The summed E-state index contributed by atoms with van der Waals surface area (Å²) >= 11 is 0. The molecule has 0 bridgehead atoms. The molecule has 0 fully saturated rings. The quantitative estimate of drug-likeness (QED) is 0.388. The Morgan fingerprint density at radius 3 is 2.64 bits per heavy atom. The van der Waals surface area contributed by atoms with Crippen molar-refractivity contribution < 1.29 is 18.7 Å². The third-order valence-electron chi connectivity index (χ3n) is 4.43. The maximum atomic E-state index is 12.7. The summed E-state index contributed by atoms with van der Waals surface area (Å²) < 4.78 is 16.3. The summed E-state index contributed by atoms with van der Waals surface area (Å²) in [4.78, 5) is 24.0. The summed E-state index contributed by atoms with van der Waals surface area (Å²) in [6.45, 7) is 2.77. The monoisotopic (exact) mass is 380 g/mol. The predicted molar refractivity (Wildman–Crippen MR) is 109 cm³/mol. The van der Waals surface area contributed by atoms with E-state index in [1.807, 2.05) is 30.3 Å². The van der Waals surface area contributed by atoms with Crippen molar-refractivity contribution in [1.29, 1.82) is 0 Å². The number of carbonyl (C=O) groups is 1. The van der Waals surface area contributed by atoms with E-state index in [4.69, 9.17) is 13.9 Å². The standard InChI is InChI=1S/C23H24O5/c1-2-26-22(24)11-7-4-8-14-27-18-12-13-19-21(15-18)28-16-20(23(19)25)17-9-5-3-6-10-17/h3,5-6,9-10,12-13,15-16H,2,4,7-8,11,14H2,1H3. The molecule has 1 heterocycles. The number of hydrogen-bond acceptors (Lipinski definition) is 5. The maximum absolute atomic E-state index is 12.7. The van der Waals surface area contributed by atoms with Gasteiger partial charge in [0.1, 0.15) is 17.6 Å². The zero-order valence-corrected chi connectivity index (χ0v) is 16.0. The highest BCUT2D eigenvalue weighted by molar-refractivity contribution is 5.82. The molecule has 3 aromatic rings. The molecule has 0 aliphatic rings. The lowest BCUT2D eigenvalue weighted by atomic mass is 10.1. The van der Waals surface area contributed by atoms with E-state index in [1.165, 1.54) is 6.26 Å². The van der Waals surface area contributed by atoms with Crippen LogP contribution < -0.4 is 10.2 Å². The molecule has 0 radical (unpaired) electrons. The van der Waals surface area contributed by atoms with Gasteiger partial charge in [0.25, 0.3) is 0 Å². The van der Waals surface area contributed by atoms with Gasteiger partial charge in [-0.25, -0.2) is 0 Å². The fraction of sp³-hybridized carbons (Fsp3) is 0.304. The van der Waals surface area contributed by atoms with E-state index >= 15 is 0 Å². The Kier molecular flexibility index (Phi) is 6.84. The minimum Gasteiger partial charge on any atom is -0.493 e. The Morgan fingerprint density at radius 2 is 1.86 bits per heavy atom. The number of carbonyl (C=O) groups excluding carboxylic acids is 1. The number of fused-ring (bicyclic) bond motifs is 1. The van der Waals surface area contributed by atoms with Crippen LogP contribution in [0.15, 0.2) is 64.0 Å². The van der Waals surface area contributed by atoms with Crippen molar-refractivity contribution in [3.05, 3.63) is 65.0 Å². The van der Waals surface area contributed by atoms with Crippen LogP contribution in [0.25, 0.3) is 22.1 Å². The number of hydrogen-bond donors (Lipinski definition) is 0. The third kappa shape index (κ3) is 5.00. The second-order valence-electron chi connectivity index (χ2n) is 6.47. The smallest absolute Gasteiger partial charge is 0.305 e. The zero-order chi connectivity index (χ0) is 19.8. The first-order chi connectivity index (χ1) is 13.7. The maximum Gasteiger partial charge on any atom is 0.305 e. The number of rotatable bonds is 9. The molecule has 0 aliphatic carbocycles. The van der Waals surface area contributed by atoms with E-state index < -0.39 is 0 Å². The predicted octanol–water partition coefficient (Wildman–Crippen LogP) is 4.96. The Balaban J connectivity index is 1.58. The lowest BCUT2D eigenvalue weighted by Crippen LogP contribution is -2.05. The average Bonchev–Trinajstić information content (AvgIpc) is 2.71. The van der Waals surface area contributed by atoms with Gasteiger partial charge in [-0.1, -0.05) is 30.3 Å². The fourth-order valence-electron chi connectivity index (χ4n) is 2.99. The van der Waals surface area contributed by atoms with E-state index in [0.29, 0.717) is 41.9 Å². The molecule has 0 atom stereocenters. The van der Waals surface area contributed by atoms with E-state index in [-0.39, 0.29) is 11.4 Å². The second-order valence-corrected chi connectivity index (χ2v) is 6.47. The van der Waals surface area contributed by atoms with Crippen LogP contribution in [0, 0.1) is 0 Å². The van der Waals surface area contributed by atoms with Gasteiger partial charge in [-0.05, 0) is 43.9 Å². The fourth-order valence-corrected chi connectivity index (χ4v) is 2.99. The molecule has 0 unspecified atom stereocenters. The summed E-state index contributed by atoms with van der Waals surface area (Å²) in [5.74, 6) is 0.511. The Morgan fingerprint density at radius 1 is 1.04 bits per heavy atom. The van der Waals surface area contributed by atoms with Crippen LogP contribution in [0.2, 0.25) is 0 Å². The van der Waals surface area contributed by atoms with Crippen molar-refractivity contribution in [2.45, 2.75) is 32.6 Å². The third-order valence-corrected chi connectivity index (χ3v) is 4.43. The van der Waals surface area contributed by atoms with Gasteiger partial charge in [0.15, 0.2) is 5.43 Å². The molecule has 0 aliphatic heterocycles. The minimum atomic E-state index is -0.150. The number of benzene rings is 2. The van der Waals surface area contributed by atoms with Gasteiger partial charge >= 0.3 is 5.97 Å². The number of esters is 1. The largest absolute Gasteiger partial charge is 0.493 e. The molecule has 0 saturated carbocycles. The van der Waals surface area contributed by atoms with Crippen molar-refractivity contribution in [2.75, 3.05) is 13.2 Å². The van der Waals surface area contributed by atoms with Crippen LogP contribution in [-0.2, 0) is 9.53 Å². The van der Waals surface area contributed by atoms with E-state index in [0.717, 1.165) is 24.8 Å². The van der Waals surface area contributed by atoms with Gasteiger partial charge in [-0.15, -0.1) is 0 Å². The second kappa shape index (κ2) is 9.74. The summed E-state index contributed by atoms with van der Waals surface area (Å²) in [6.07, 6.45) is 4.46. The molecule has 1 aromatic heterocycles. The SMILES string of the molecule is CCOC(=O)CCCCCOc1ccc2c(=O)c(-c3ccccc3)coc2c1. The molecule has 146 valence electrons. The zero-order valence-electron chi connectivity index (χ0n) is 16.0. The number of unbranched alkanes of at least 4 members (excludes halogenated alkanes) is 2. The van der Waals surface area contributed by atoms with E-state index in [2.05, 4.69) is 0 Å². The van der Waals surface area contributed by atoms with Gasteiger partial charge in [0, 0.05) is 12.5 Å².